The molecule has 1 N–H and O–H groups in total. The molecule has 0 spiro atoms. The van der Waals surface area contributed by atoms with Crippen LogP contribution in [0.2, 0.25) is 0 Å². The molecule has 11 heteroatoms. The Morgan fingerprint density at radius 2 is 0.818 bits per heavy atom. The number of nitrogens with one attached hydrogen (secondary N) is 1. The van der Waals surface area contributed by atoms with Gasteiger partial charge in [0.25, 0.3) is 20.0 Å². The summed E-state index contributed by atoms with van der Waals surface area (Å²) in [4.78, 5) is 10.5. The predicted octanol–water partition coefficient (Wildman–Crippen LogP) is 8.43. The van der Waals surface area contributed by atoms with Crippen LogP contribution in [-0.2, 0) is 20.0 Å². The van der Waals surface area contributed by atoms with E-state index in [9.17, 15) is 16.8 Å². The van der Waals surface area contributed by atoms with Gasteiger partial charge in [-0.15, -0.1) is 0 Å². The van der Waals surface area contributed by atoms with E-state index >= 15 is 0 Å². The molecular weight excluding hydrogens is 727 g/mol. The first-order chi connectivity index (χ1) is 26.6. The summed E-state index contributed by atoms with van der Waals surface area (Å²) in [5.41, 5.74) is 6.06. The topological polar surface area (TPSA) is 112 Å². The number of nitrogens with zero attached hydrogens (tertiary/aromatic N) is 4. The van der Waals surface area contributed by atoms with Gasteiger partial charge in [0, 0.05) is 22.5 Å². The Kier molecular flexibility index (Phi) is 9.58. The lowest BCUT2D eigenvalue weighted by Gasteiger charge is -2.24. The quantitative estimate of drug-likeness (QED) is 0.151. The molecule has 8 rings (SSSR count). The Hall–Kier alpha value is -6.04. The Labute approximate surface area is 322 Å². The molecule has 0 unspecified atom stereocenters. The summed E-state index contributed by atoms with van der Waals surface area (Å²) in [6, 6.07) is 47.0. The van der Waals surface area contributed by atoms with Crippen LogP contribution in [0.1, 0.15) is 45.5 Å². The lowest BCUT2D eigenvalue weighted by Crippen LogP contribution is -2.36. The van der Waals surface area contributed by atoms with E-state index in [1.807, 2.05) is 123 Å². The van der Waals surface area contributed by atoms with Gasteiger partial charge in [-0.25, -0.2) is 25.4 Å². The van der Waals surface area contributed by atoms with Crippen LogP contribution in [0, 0.1) is 13.8 Å². The molecule has 0 bridgehead atoms. The summed E-state index contributed by atoms with van der Waals surface area (Å²) in [6.07, 6.45) is 0. The van der Waals surface area contributed by atoms with Crippen LogP contribution >= 0.6 is 0 Å². The van der Waals surface area contributed by atoms with Crippen molar-refractivity contribution in [2.45, 2.75) is 35.7 Å². The molecule has 0 amide bonds. The van der Waals surface area contributed by atoms with Gasteiger partial charge in [0.05, 0.1) is 35.0 Å². The minimum Gasteiger partial charge on any atom is -0.354 e. The Balaban J connectivity index is 1.21. The number of aliphatic imine (C=N–C) groups is 2. The normalized spacial score (nSPS) is 17.2. The number of hydrogen-bond acceptors (Lipinski definition) is 7. The smallest absolute Gasteiger partial charge is 0.265 e. The van der Waals surface area contributed by atoms with E-state index in [0.29, 0.717) is 34.2 Å². The molecule has 6 aromatic carbocycles. The van der Waals surface area contributed by atoms with Crippen molar-refractivity contribution >= 4 is 43.1 Å². The first-order valence-electron chi connectivity index (χ1n) is 18.0. The third-order valence-corrected chi connectivity index (χ3v) is 13.4. The van der Waals surface area contributed by atoms with Gasteiger partial charge in [-0.2, -0.15) is 0 Å². The molecule has 6 aromatic rings. The number of rotatable bonds is 10. The highest BCUT2D eigenvalue weighted by Crippen LogP contribution is 2.37. The van der Waals surface area contributed by atoms with Crippen LogP contribution in [0.15, 0.2) is 178 Å². The minimum atomic E-state index is -4.01. The van der Waals surface area contributed by atoms with Gasteiger partial charge in [-0.05, 0) is 73.5 Å². The fourth-order valence-corrected chi connectivity index (χ4v) is 9.82. The average Bonchev–Trinajstić information content (AvgIpc) is 3.87. The van der Waals surface area contributed by atoms with Crippen LogP contribution in [-0.4, -0.2) is 50.2 Å². The monoisotopic (exact) mass is 765 g/mol. The van der Waals surface area contributed by atoms with E-state index in [2.05, 4.69) is 5.32 Å². The molecule has 9 nitrogen and oxygen atoms in total. The number of anilines is 2. The second-order valence-electron chi connectivity index (χ2n) is 13.7. The lowest BCUT2D eigenvalue weighted by atomic mass is 10.1. The number of hydrogen-bond donors (Lipinski definition) is 1. The highest BCUT2D eigenvalue weighted by Gasteiger charge is 2.39. The van der Waals surface area contributed by atoms with Gasteiger partial charge in [-0.3, -0.25) is 9.98 Å². The second-order valence-corrected chi connectivity index (χ2v) is 17.4. The maximum atomic E-state index is 14.4. The minimum absolute atomic E-state index is 0.129. The second kappa shape index (κ2) is 14.7. The molecule has 0 saturated carbocycles. The third-order valence-electron chi connectivity index (χ3n) is 9.90. The number of aryl methyl sites for hydroxylation is 2. The van der Waals surface area contributed by atoms with Crippen molar-refractivity contribution in [2.75, 3.05) is 18.4 Å². The summed E-state index contributed by atoms with van der Waals surface area (Å²) >= 11 is 0. The summed E-state index contributed by atoms with van der Waals surface area (Å²) < 4.78 is 60.2. The fraction of sp³-hybridized carbons (Fsp3) is 0.136. The van der Waals surface area contributed by atoms with Crippen molar-refractivity contribution in [3.05, 3.63) is 191 Å². The molecule has 55 heavy (non-hydrogen) atoms. The van der Waals surface area contributed by atoms with Gasteiger partial charge >= 0.3 is 0 Å². The van der Waals surface area contributed by atoms with Crippen LogP contribution in [0.4, 0.5) is 11.4 Å². The molecule has 0 radical (unpaired) electrons. The Morgan fingerprint density at radius 3 is 1.20 bits per heavy atom. The van der Waals surface area contributed by atoms with E-state index in [4.69, 9.17) is 9.98 Å². The van der Waals surface area contributed by atoms with Crippen LogP contribution in [0.25, 0.3) is 0 Å². The van der Waals surface area contributed by atoms with E-state index in [1.165, 1.54) is 8.61 Å². The lowest BCUT2D eigenvalue weighted by molar-refractivity contribution is 0.519. The first kappa shape index (κ1) is 36.0. The molecule has 2 aliphatic heterocycles. The fourth-order valence-electron chi connectivity index (χ4n) is 6.93. The van der Waals surface area contributed by atoms with Crippen molar-refractivity contribution in [3.8, 4) is 0 Å². The average molecular weight is 766 g/mol. The molecule has 0 fully saturated rings. The van der Waals surface area contributed by atoms with Gasteiger partial charge in [-0.1, -0.05) is 120 Å². The molecular formula is C44H39N5O4S2. The molecule has 276 valence electrons. The van der Waals surface area contributed by atoms with Gasteiger partial charge in [0.15, 0.2) is 0 Å². The molecule has 0 saturated heterocycles. The van der Waals surface area contributed by atoms with Crippen LogP contribution in [0.5, 0.6) is 0 Å². The molecule has 2 aliphatic rings. The zero-order chi connectivity index (χ0) is 38.2. The van der Waals surface area contributed by atoms with E-state index in [-0.39, 0.29) is 22.9 Å². The zero-order valence-corrected chi connectivity index (χ0v) is 32.0. The zero-order valence-electron chi connectivity index (χ0n) is 30.3. The van der Waals surface area contributed by atoms with E-state index < -0.39 is 32.1 Å². The summed E-state index contributed by atoms with van der Waals surface area (Å²) in [7, 11) is -8.02. The van der Waals surface area contributed by atoms with Crippen molar-refractivity contribution < 1.29 is 16.8 Å². The maximum absolute atomic E-state index is 14.4. The van der Waals surface area contributed by atoms with Gasteiger partial charge < -0.3 is 5.32 Å². The van der Waals surface area contributed by atoms with E-state index in [1.54, 1.807) is 48.5 Å². The Bertz CT molecular complexity index is 2450. The molecule has 0 aliphatic carbocycles. The molecule has 0 aromatic heterocycles. The predicted molar refractivity (Wildman–Crippen MR) is 218 cm³/mol. The SMILES string of the molecule is Cc1ccc(S(=O)(=O)N2C[C@H](c3ccccc3)N=C2c2ccccc2Nc2ccccc2C2=N[C@@H](c3ccccc3)CN2S(=O)(=O)c2ccc(C)cc2)cc1. The van der Waals surface area contributed by atoms with Crippen LogP contribution < -0.4 is 5.32 Å². The van der Waals surface area contributed by atoms with E-state index in [0.717, 1.165) is 22.3 Å². The van der Waals surface area contributed by atoms with Crippen molar-refractivity contribution in [1.82, 2.24) is 8.61 Å². The summed E-state index contributed by atoms with van der Waals surface area (Å²) in [6.45, 7) is 4.09. The highest BCUT2D eigenvalue weighted by molar-refractivity contribution is 7.90. The summed E-state index contributed by atoms with van der Waals surface area (Å²) in [5.74, 6) is 0.613. The van der Waals surface area contributed by atoms with Gasteiger partial charge in [0.1, 0.15) is 11.7 Å². The van der Waals surface area contributed by atoms with Crippen molar-refractivity contribution in [2.24, 2.45) is 9.98 Å². The van der Waals surface area contributed by atoms with Crippen molar-refractivity contribution in [1.29, 1.82) is 0 Å². The molecule has 2 atom stereocenters. The highest BCUT2D eigenvalue weighted by atomic mass is 32.2. The largest absolute Gasteiger partial charge is 0.354 e. The number of para-hydroxylation sites is 2. The number of amidine groups is 2. The molecule has 2 heterocycles. The standard InChI is InChI=1S/C44H39N5O4S2/c1-31-21-25-35(26-22-31)54(50,51)48-29-41(33-13-5-3-6-14-33)46-43(48)37-17-9-11-19-39(37)45-40-20-12-10-18-38(40)44-47-42(34-15-7-4-8-16-34)30-49(44)55(52,53)36-27-23-32(2)24-28-36/h3-28,41-42,45H,29-30H2,1-2H3/t41-,42-/m1/s1. The third kappa shape index (κ3) is 7.04. The maximum Gasteiger partial charge on any atom is 0.265 e. The Morgan fingerprint density at radius 1 is 0.473 bits per heavy atom. The van der Waals surface area contributed by atoms with Crippen molar-refractivity contribution in [3.63, 3.8) is 0 Å². The number of sulfonamides is 2. The van der Waals surface area contributed by atoms with Gasteiger partial charge in [0.2, 0.25) is 0 Å². The first-order valence-corrected chi connectivity index (χ1v) is 20.9. The number of benzene rings is 6. The van der Waals surface area contributed by atoms with Crippen LogP contribution in [0.3, 0.4) is 0 Å². The summed E-state index contributed by atoms with van der Waals surface area (Å²) in [5, 5.41) is 3.54.